The molecule has 0 bridgehead atoms. The van der Waals surface area contributed by atoms with Crippen LogP contribution < -0.4 is 15.0 Å². The summed E-state index contributed by atoms with van der Waals surface area (Å²) in [6.45, 7) is 4.70. The van der Waals surface area contributed by atoms with E-state index in [4.69, 9.17) is 9.15 Å². The Bertz CT molecular complexity index is 1140. The number of amides is 3. The van der Waals surface area contributed by atoms with Gasteiger partial charge in [-0.25, -0.2) is 9.69 Å². The monoisotopic (exact) mass is 422 g/mol. The normalized spacial score (nSPS) is 19.7. The largest absolute Gasteiger partial charge is 0.497 e. The molecule has 1 fully saturated rings. The third kappa shape index (κ3) is 3.65. The van der Waals surface area contributed by atoms with E-state index in [2.05, 4.69) is 12.2 Å². The van der Waals surface area contributed by atoms with Crippen molar-refractivity contribution < 1.29 is 23.6 Å². The summed E-state index contributed by atoms with van der Waals surface area (Å²) in [7, 11) is 3.55. The fraction of sp³-hybridized carbons (Fsp3) is 0.333. The molecule has 0 aliphatic carbocycles. The highest BCUT2D eigenvalue weighted by Gasteiger charge is 2.50. The molecule has 1 unspecified atom stereocenters. The molecule has 2 atom stereocenters. The van der Waals surface area contributed by atoms with Crippen LogP contribution >= 0.6 is 0 Å². The van der Waals surface area contributed by atoms with E-state index in [-0.39, 0.29) is 18.6 Å². The number of hydrogen-bond acceptors (Lipinski definition) is 4. The zero-order chi connectivity index (χ0) is 22.2. The van der Waals surface area contributed by atoms with Crippen LogP contribution in [0.1, 0.15) is 30.7 Å². The van der Waals surface area contributed by atoms with Crippen molar-refractivity contribution in [3.63, 3.8) is 0 Å². The minimum absolute atomic E-state index is 0.257. The molecule has 2 N–H and O–H groups in total. The topological polar surface area (TPSA) is 76.2 Å². The van der Waals surface area contributed by atoms with Crippen LogP contribution in [0, 0.1) is 0 Å². The SMILES string of the molecule is CCc1oc2ccccc2c1C[NH+](C)CN1C(=O)N[C@](C)(c2cccc(OC)c2)C1=O. The number of benzene rings is 2. The van der Waals surface area contributed by atoms with E-state index < -0.39 is 5.54 Å². The van der Waals surface area contributed by atoms with Gasteiger partial charge in [0.25, 0.3) is 5.91 Å². The molecule has 7 nitrogen and oxygen atoms in total. The van der Waals surface area contributed by atoms with Crippen molar-refractivity contribution in [2.75, 3.05) is 20.8 Å². The number of carbonyl (C=O) groups excluding carboxylic acids is 2. The second-order valence-electron chi connectivity index (χ2n) is 8.17. The predicted molar refractivity (Wildman–Crippen MR) is 117 cm³/mol. The number of imide groups is 1. The maximum absolute atomic E-state index is 13.3. The summed E-state index contributed by atoms with van der Waals surface area (Å²) in [5.41, 5.74) is 1.56. The van der Waals surface area contributed by atoms with Gasteiger partial charge in [0, 0.05) is 11.8 Å². The third-order valence-corrected chi connectivity index (χ3v) is 5.93. The number of nitrogens with zero attached hydrogens (tertiary/aromatic N) is 1. The Morgan fingerprint density at radius 3 is 2.68 bits per heavy atom. The summed E-state index contributed by atoms with van der Waals surface area (Å²) >= 11 is 0. The van der Waals surface area contributed by atoms with Crippen molar-refractivity contribution in [3.8, 4) is 5.75 Å². The number of nitrogens with one attached hydrogen (secondary N) is 2. The Morgan fingerprint density at radius 2 is 1.94 bits per heavy atom. The maximum atomic E-state index is 13.3. The van der Waals surface area contributed by atoms with Gasteiger partial charge in [0.1, 0.15) is 29.2 Å². The summed E-state index contributed by atoms with van der Waals surface area (Å²) in [6, 6.07) is 14.8. The van der Waals surface area contributed by atoms with E-state index in [1.54, 1.807) is 20.1 Å². The van der Waals surface area contributed by atoms with Gasteiger partial charge in [0.05, 0.1) is 19.7 Å². The Morgan fingerprint density at radius 1 is 1.16 bits per heavy atom. The molecule has 4 rings (SSSR count). The molecule has 1 aromatic heterocycles. The highest BCUT2D eigenvalue weighted by Crippen LogP contribution is 2.30. The predicted octanol–water partition coefficient (Wildman–Crippen LogP) is 2.44. The lowest BCUT2D eigenvalue weighted by Crippen LogP contribution is -3.09. The van der Waals surface area contributed by atoms with Crippen LogP contribution in [0.3, 0.4) is 0 Å². The highest BCUT2D eigenvalue weighted by molar-refractivity contribution is 6.07. The Hall–Kier alpha value is -3.32. The van der Waals surface area contributed by atoms with Crippen molar-refractivity contribution in [1.29, 1.82) is 0 Å². The van der Waals surface area contributed by atoms with Gasteiger partial charge in [-0.3, -0.25) is 4.79 Å². The molecule has 162 valence electrons. The van der Waals surface area contributed by atoms with Crippen LogP contribution in [-0.4, -0.2) is 37.7 Å². The second kappa shape index (κ2) is 8.07. The lowest BCUT2D eigenvalue weighted by molar-refractivity contribution is -0.901. The molecule has 2 heterocycles. The minimum Gasteiger partial charge on any atom is -0.497 e. The molecule has 0 radical (unpaired) electrons. The van der Waals surface area contributed by atoms with Crippen molar-refractivity contribution in [2.45, 2.75) is 32.4 Å². The van der Waals surface area contributed by atoms with E-state index in [1.807, 2.05) is 49.5 Å². The zero-order valence-electron chi connectivity index (χ0n) is 18.3. The lowest BCUT2D eigenvalue weighted by Gasteiger charge is -2.23. The highest BCUT2D eigenvalue weighted by atomic mass is 16.5. The Labute approximate surface area is 181 Å². The average molecular weight is 423 g/mol. The van der Waals surface area contributed by atoms with Crippen molar-refractivity contribution in [3.05, 3.63) is 65.4 Å². The second-order valence-corrected chi connectivity index (χ2v) is 8.17. The van der Waals surface area contributed by atoms with E-state index in [0.717, 1.165) is 33.6 Å². The number of urea groups is 1. The molecule has 3 amide bonds. The molecule has 1 aliphatic heterocycles. The van der Waals surface area contributed by atoms with Crippen LogP contribution in [0.25, 0.3) is 11.0 Å². The smallest absolute Gasteiger partial charge is 0.329 e. The zero-order valence-corrected chi connectivity index (χ0v) is 18.3. The van der Waals surface area contributed by atoms with Gasteiger partial charge in [0.15, 0.2) is 6.67 Å². The number of hydrogen-bond donors (Lipinski definition) is 2. The Kier molecular flexibility index (Phi) is 5.45. The van der Waals surface area contributed by atoms with E-state index in [9.17, 15) is 9.59 Å². The number of aryl methyl sites for hydroxylation is 1. The van der Waals surface area contributed by atoms with Gasteiger partial charge < -0.3 is 19.4 Å². The number of furan rings is 1. The van der Waals surface area contributed by atoms with E-state index in [0.29, 0.717) is 17.9 Å². The van der Waals surface area contributed by atoms with Gasteiger partial charge in [0.2, 0.25) is 0 Å². The number of quaternary nitrogens is 1. The van der Waals surface area contributed by atoms with Gasteiger partial charge in [-0.15, -0.1) is 0 Å². The van der Waals surface area contributed by atoms with Crippen molar-refractivity contribution in [2.24, 2.45) is 0 Å². The first-order valence-electron chi connectivity index (χ1n) is 10.5. The first-order valence-corrected chi connectivity index (χ1v) is 10.5. The lowest BCUT2D eigenvalue weighted by atomic mass is 9.92. The summed E-state index contributed by atoms with van der Waals surface area (Å²) < 4.78 is 11.3. The molecular weight excluding hydrogens is 394 g/mol. The summed E-state index contributed by atoms with van der Waals surface area (Å²) in [5.74, 6) is 1.32. The fourth-order valence-electron chi connectivity index (χ4n) is 4.23. The van der Waals surface area contributed by atoms with Crippen LogP contribution in [0.5, 0.6) is 5.75 Å². The van der Waals surface area contributed by atoms with Gasteiger partial charge in [-0.05, 0) is 30.7 Å². The third-order valence-electron chi connectivity index (χ3n) is 5.93. The standard InChI is InChI=1S/C24H27N3O4/c1-5-20-19(18-11-6-7-12-21(18)31-20)14-26(3)15-27-22(28)24(2,25-23(27)29)16-9-8-10-17(13-16)30-4/h6-13H,5,14-15H2,1-4H3,(H,25,29)/p+1/t24-/m1/s1. The summed E-state index contributed by atoms with van der Waals surface area (Å²) in [5, 5.41) is 3.94. The number of carbonyl (C=O) groups is 2. The number of fused-ring (bicyclic) bond motifs is 1. The van der Waals surface area contributed by atoms with Crippen LogP contribution in [0.2, 0.25) is 0 Å². The van der Waals surface area contributed by atoms with Gasteiger partial charge in [-0.1, -0.05) is 37.3 Å². The van der Waals surface area contributed by atoms with Crippen molar-refractivity contribution >= 4 is 22.9 Å². The molecule has 0 saturated carbocycles. The molecule has 1 aliphatic rings. The molecule has 31 heavy (non-hydrogen) atoms. The number of rotatable bonds is 7. The van der Waals surface area contributed by atoms with E-state index >= 15 is 0 Å². The fourth-order valence-corrected chi connectivity index (χ4v) is 4.23. The first-order chi connectivity index (χ1) is 14.9. The molecule has 3 aromatic rings. The van der Waals surface area contributed by atoms with Gasteiger partial charge in [-0.2, -0.15) is 0 Å². The summed E-state index contributed by atoms with van der Waals surface area (Å²) in [4.78, 5) is 28.3. The molecule has 1 saturated heterocycles. The number of ether oxygens (including phenoxy) is 1. The van der Waals surface area contributed by atoms with Crippen LogP contribution in [-0.2, 0) is 23.3 Å². The molecular formula is C24H28N3O4+. The van der Waals surface area contributed by atoms with E-state index in [1.165, 1.54) is 4.90 Å². The molecule has 2 aromatic carbocycles. The summed E-state index contributed by atoms with van der Waals surface area (Å²) in [6.07, 6.45) is 0.786. The molecule has 7 heteroatoms. The minimum atomic E-state index is -1.12. The number of para-hydroxylation sites is 1. The number of methoxy groups -OCH3 is 1. The maximum Gasteiger partial charge on any atom is 0.329 e. The van der Waals surface area contributed by atoms with Crippen LogP contribution in [0.4, 0.5) is 4.79 Å². The first kappa shape index (κ1) is 20.9. The average Bonchev–Trinajstić information content (AvgIpc) is 3.24. The quantitative estimate of drug-likeness (QED) is 0.574. The molecule has 0 spiro atoms. The van der Waals surface area contributed by atoms with Crippen LogP contribution in [0.15, 0.2) is 52.9 Å². The van der Waals surface area contributed by atoms with Gasteiger partial charge >= 0.3 is 6.03 Å². The Balaban J connectivity index is 1.54. The van der Waals surface area contributed by atoms with Crippen molar-refractivity contribution in [1.82, 2.24) is 10.2 Å².